The number of nitrogens with two attached hydrogens (primary N) is 1. The van der Waals surface area contributed by atoms with Crippen LogP contribution in [0, 0.1) is 0 Å². The second-order valence-corrected chi connectivity index (χ2v) is 6.04. The van der Waals surface area contributed by atoms with E-state index in [9.17, 15) is 4.79 Å². The van der Waals surface area contributed by atoms with Gasteiger partial charge in [0, 0.05) is 25.7 Å². The molecule has 0 atom stereocenters. The molecule has 5 heteroatoms. The van der Waals surface area contributed by atoms with Crippen LogP contribution < -0.4 is 11.1 Å². The Labute approximate surface area is 122 Å². The van der Waals surface area contributed by atoms with Gasteiger partial charge in [-0.05, 0) is 38.5 Å². The van der Waals surface area contributed by atoms with Crippen LogP contribution in [0.25, 0.3) is 0 Å². The fourth-order valence-corrected chi connectivity index (χ4v) is 3.02. The molecule has 2 rings (SSSR count). The number of nitrogens with zero attached hydrogens (tertiary/aromatic N) is 1. The predicted molar refractivity (Wildman–Crippen MR) is 79.6 cm³/mol. The van der Waals surface area contributed by atoms with Crippen LogP contribution in [-0.2, 0) is 4.74 Å². The van der Waals surface area contributed by atoms with Gasteiger partial charge < -0.3 is 20.7 Å². The maximum Gasteiger partial charge on any atom is 0.317 e. The van der Waals surface area contributed by atoms with Crippen LogP contribution in [0.5, 0.6) is 0 Å². The summed E-state index contributed by atoms with van der Waals surface area (Å²) in [7, 11) is 0. The van der Waals surface area contributed by atoms with Crippen molar-refractivity contribution in [3.63, 3.8) is 0 Å². The number of hydrogen-bond acceptors (Lipinski definition) is 3. The number of amides is 2. The van der Waals surface area contributed by atoms with Gasteiger partial charge in [0.15, 0.2) is 0 Å². The third kappa shape index (κ3) is 5.29. The molecule has 1 heterocycles. The Kier molecular flexibility index (Phi) is 6.60. The number of likely N-dealkylation sites (tertiary alicyclic amines) is 1. The summed E-state index contributed by atoms with van der Waals surface area (Å²) >= 11 is 0. The normalized spacial score (nSPS) is 27.9. The molecule has 0 aromatic heterocycles. The standard InChI is InChI=1S/C15H29N3O2/c16-13-5-7-14(8-6-13)20-12-9-17-15(19)18-10-3-1-2-4-11-18/h13-14H,1-12,16H2,(H,17,19). The zero-order chi connectivity index (χ0) is 14.2. The van der Waals surface area contributed by atoms with Gasteiger partial charge in [-0.3, -0.25) is 0 Å². The predicted octanol–water partition coefficient (Wildman–Crippen LogP) is 1.86. The Morgan fingerprint density at radius 3 is 2.40 bits per heavy atom. The fraction of sp³-hybridized carbons (Fsp3) is 0.933. The lowest BCUT2D eigenvalue weighted by atomic mass is 9.94. The average molecular weight is 283 g/mol. The first-order valence-corrected chi connectivity index (χ1v) is 8.15. The molecule has 3 N–H and O–H groups in total. The first-order chi connectivity index (χ1) is 9.75. The van der Waals surface area contributed by atoms with E-state index >= 15 is 0 Å². The van der Waals surface area contributed by atoms with Crippen molar-refractivity contribution in [1.82, 2.24) is 10.2 Å². The molecule has 1 saturated heterocycles. The third-order valence-electron chi connectivity index (χ3n) is 4.34. The quantitative estimate of drug-likeness (QED) is 0.774. The highest BCUT2D eigenvalue weighted by Crippen LogP contribution is 2.19. The summed E-state index contributed by atoms with van der Waals surface area (Å²) in [6, 6.07) is 0.429. The van der Waals surface area contributed by atoms with Crippen molar-refractivity contribution < 1.29 is 9.53 Å². The molecular formula is C15H29N3O2. The lowest BCUT2D eigenvalue weighted by Crippen LogP contribution is -2.42. The van der Waals surface area contributed by atoms with Crippen molar-refractivity contribution >= 4 is 6.03 Å². The van der Waals surface area contributed by atoms with Crippen LogP contribution in [0.4, 0.5) is 4.79 Å². The molecule has 20 heavy (non-hydrogen) atoms. The Balaban J connectivity index is 1.54. The molecule has 5 nitrogen and oxygen atoms in total. The van der Waals surface area contributed by atoms with Crippen molar-refractivity contribution in [2.75, 3.05) is 26.2 Å². The summed E-state index contributed by atoms with van der Waals surface area (Å²) in [5.41, 5.74) is 5.87. The van der Waals surface area contributed by atoms with E-state index < -0.39 is 0 Å². The second kappa shape index (κ2) is 8.47. The van der Waals surface area contributed by atoms with Gasteiger partial charge in [-0.25, -0.2) is 4.79 Å². The summed E-state index contributed by atoms with van der Waals surface area (Å²) in [6.07, 6.45) is 9.33. The molecule has 2 fully saturated rings. The SMILES string of the molecule is NC1CCC(OCCNC(=O)N2CCCCCC2)CC1. The molecule has 1 aliphatic carbocycles. The van der Waals surface area contributed by atoms with Crippen molar-refractivity contribution in [3.8, 4) is 0 Å². The minimum atomic E-state index is 0.0705. The summed E-state index contributed by atoms with van der Waals surface area (Å²) in [4.78, 5) is 13.9. The lowest BCUT2D eigenvalue weighted by molar-refractivity contribution is 0.0274. The summed E-state index contributed by atoms with van der Waals surface area (Å²) < 4.78 is 5.80. The van der Waals surface area contributed by atoms with Crippen molar-refractivity contribution in [3.05, 3.63) is 0 Å². The molecule has 0 aromatic carbocycles. The van der Waals surface area contributed by atoms with E-state index in [2.05, 4.69) is 5.32 Å². The molecule has 1 saturated carbocycles. The molecule has 0 aromatic rings. The molecule has 0 bridgehead atoms. The first-order valence-electron chi connectivity index (χ1n) is 8.15. The molecule has 1 aliphatic heterocycles. The maximum atomic E-state index is 12.0. The van der Waals surface area contributed by atoms with E-state index in [4.69, 9.17) is 10.5 Å². The van der Waals surface area contributed by atoms with Crippen LogP contribution in [0.1, 0.15) is 51.4 Å². The van der Waals surface area contributed by atoms with Gasteiger partial charge in [-0.15, -0.1) is 0 Å². The smallest absolute Gasteiger partial charge is 0.317 e. The highest BCUT2D eigenvalue weighted by atomic mass is 16.5. The molecule has 2 aliphatic rings. The van der Waals surface area contributed by atoms with Crippen molar-refractivity contribution in [2.45, 2.75) is 63.5 Å². The topological polar surface area (TPSA) is 67.6 Å². The fourth-order valence-electron chi connectivity index (χ4n) is 3.02. The zero-order valence-electron chi connectivity index (χ0n) is 12.5. The van der Waals surface area contributed by atoms with Crippen molar-refractivity contribution in [1.29, 1.82) is 0 Å². The largest absolute Gasteiger partial charge is 0.376 e. The Hall–Kier alpha value is -0.810. The number of rotatable bonds is 4. The van der Waals surface area contributed by atoms with E-state index in [0.717, 1.165) is 51.6 Å². The van der Waals surface area contributed by atoms with Crippen LogP contribution in [-0.4, -0.2) is 49.3 Å². The molecule has 116 valence electrons. The first kappa shape index (κ1) is 15.6. The van der Waals surface area contributed by atoms with Crippen LogP contribution >= 0.6 is 0 Å². The minimum absolute atomic E-state index is 0.0705. The van der Waals surface area contributed by atoms with E-state index in [1.54, 1.807) is 0 Å². The Morgan fingerprint density at radius 2 is 1.75 bits per heavy atom. The van der Waals surface area contributed by atoms with Crippen LogP contribution in [0.2, 0.25) is 0 Å². The monoisotopic (exact) mass is 283 g/mol. The number of ether oxygens (including phenoxy) is 1. The molecule has 2 amide bonds. The van der Waals surface area contributed by atoms with Gasteiger partial charge in [0.05, 0.1) is 12.7 Å². The van der Waals surface area contributed by atoms with Crippen LogP contribution in [0.3, 0.4) is 0 Å². The number of hydrogen-bond donors (Lipinski definition) is 2. The van der Waals surface area contributed by atoms with Gasteiger partial charge in [0.25, 0.3) is 0 Å². The van der Waals surface area contributed by atoms with Crippen LogP contribution in [0.15, 0.2) is 0 Å². The van der Waals surface area contributed by atoms with Gasteiger partial charge in [0.2, 0.25) is 0 Å². The zero-order valence-corrected chi connectivity index (χ0v) is 12.5. The molecule has 0 unspecified atom stereocenters. The number of nitrogens with one attached hydrogen (secondary N) is 1. The van der Waals surface area contributed by atoms with Gasteiger partial charge in [-0.1, -0.05) is 12.8 Å². The summed E-state index contributed by atoms with van der Waals surface area (Å²) in [5, 5.41) is 2.97. The molecular weight excluding hydrogens is 254 g/mol. The van der Waals surface area contributed by atoms with E-state index in [-0.39, 0.29) is 6.03 Å². The van der Waals surface area contributed by atoms with E-state index in [0.29, 0.717) is 25.3 Å². The third-order valence-corrected chi connectivity index (χ3v) is 4.34. The lowest BCUT2D eigenvalue weighted by Gasteiger charge is -2.26. The van der Waals surface area contributed by atoms with Gasteiger partial charge >= 0.3 is 6.03 Å². The highest BCUT2D eigenvalue weighted by molar-refractivity contribution is 5.74. The van der Waals surface area contributed by atoms with E-state index in [1.165, 1.54) is 12.8 Å². The number of carbonyl (C=O) groups is 1. The Bertz CT molecular complexity index is 283. The average Bonchev–Trinajstić information content (AvgIpc) is 2.74. The maximum absolute atomic E-state index is 12.0. The minimum Gasteiger partial charge on any atom is -0.376 e. The van der Waals surface area contributed by atoms with Gasteiger partial charge in [0.1, 0.15) is 0 Å². The second-order valence-electron chi connectivity index (χ2n) is 6.04. The number of carbonyl (C=O) groups excluding carboxylic acids is 1. The molecule has 0 spiro atoms. The van der Waals surface area contributed by atoms with E-state index in [1.807, 2.05) is 4.90 Å². The summed E-state index contributed by atoms with van der Waals surface area (Å²) in [6.45, 7) is 3.01. The highest BCUT2D eigenvalue weighted by Gasteiger charge is 2.19. The molecule has 0 radical (unpaired) electrons. The Morgan fingerprint density at radius 1 is 1.10 bits per heavy atom. The van der Waals surface area contributed by atoms with Crippen molar-refractivity contribution in [2.24, 2.45) is 5.73 Å². The number of urea groups is 1. The summed E-state index contributed by atoms with van der Waals surface area (Å²) in [5.74, 6) is 0. The van der Waals surface area contributed by atoms with Gasteiger partial charge in [-0.2, -0.15) is 0 Å².